The lowest BCUT2D eigenvalue weighted by atomic mass is 10.3. The number of sulfonamides is 1. The third kappa shape index (κ3) is 3.21. The fraction of sp³-hybridized carbons (Fsp3) is 0. The number of aromatic nitrogens is 1. The van der Waals surface area contributed by atoms with E-state index in [4.69, 9.17) is 5.73 Å². The number of pyridine rings is 1. The minimum atomic E-state index is -3.82. The summed E-state index contributed by atoms with van der Waals surface area (Å²) in [4.78, 5) is 3.36. The summed E-state index contributed by atoms with van der Waals surface area (Å²) in [5, 5.41) is 0. The molecule has 0 radical (unpaired) electrons. The van der Waals surface area contributed by atoms with Gasteiger partial charge in [-0.3, -0.25) is 4.72 Å². The van der Waals surface area contributed by atoms with Gasteiger partial charge in [-0.2, -0.15) is 4.39 Å². The molecule has 0 amide bonds. The van der Waals surface area contributed by atoms with Crippen molar-refractivity contribution < 1.29 is 12.8 Å². The zero-order chi connectivity index (χ0) is 14.0. The van der Waals surface area contributed by atoms with Crippen LogP contribution >= 0.6 is 15.9 Å². The van der Waals surface area contributed by atoms with Crippen LogP contribution in [0.2, 0.25) is 0 Å². The Hall–Kier alpha value is -1.67. The Morgan fingerprint density at radius 3 is 2.63 bits per heavy atom. The van der Waals surface area contributed by atoms with Crippen LogP contribution in [0, 0.1) is 5.95 Å². The van der Waals surface area contributed by atoms with Crippen molar-refractivity contribution in [2.24, 2.45) is 0 Å². The molecule has 3 N–H and O–H groups in total. The van der Waals surface area contributed by atoms with Crippen molar-refractivity contribution in [3.05, 3.63) is 46.9 Å². The van der Waals surface area contributed by atoms with Crippen LogP contribution in [0.5, 0.6) is 0 Å². The minimum absolute atomic E-state index is 0.00294. The third-order valence-corrected chi connectivity index (χ3v) is 4.60. The van der Waals surface area contributed by atoms with Crippen LogP contribution in [0.15, 0.2) is 45.9 Å². The Morgan fingerprint density at radius 2 is 2.00 bits per heavy atom. The van der Waals surface area contributed by atoms with E-state index < -0.39 is 16.0 Å². The molecule has 1 aromatic heterocycles. The number of rotatable bonds is 3. The zero-order valence-corrected chi connectivity index (χ0v) is 11.9. The van der Waals surface area contributed by atoms with Crippen LogP contribution in [-0.2, 0) is 10.0 Å². The molecule has 8 heteroatoms. The van der Waals surface area contributed by atoms with Crippen LogP contribution in [0.3, 0.4) is 0 Å². The molecule has 0 saturated carbocycles. The maximum Gasteiger partial charge on any atom is 0.263 e. The van der Waals surface area contributed by atoms with Crippen molar-refractivity contribution in [1.29, 1.82) is 0 Å². The summed E-state index contributed by atoms with van der Waals surface area (Å²) in [6.07, 6.45) is 1.09. The molecule has 0 aliphatic rings. The van der Waals surface area contributed by atoms with Gasteiger partial charge in [0.05, 0.1) is 11.9 Å². The molecule has 1 heterocycles. The Balaban J connectivity index is 2.37. The summed E-state index contributed by atoms with van der Waals surface area (Å²) in [6.45, 7) is 0. The Bertz CT molecular complexity index is 704. The fourth-order valence-corrected chi connectivity index (χ4v) is 3.42. The van der Waals surface area contributed by atoms with Gasteiger partial charge in [0, 0.05) is 10.2 Å². The molecule has 0 aliphatic heterocycles. The van der Waals surface area contributed by atoms with Crippen molar-refractivity contribution in [3.63, 3.8) is 0 Å². The lowest BCUT2D eigenvalue weighted by molar-refractivity contribution is 0.583. The van der Waals surface area contributed by atoms with E-state index in [0.29, 0.717) is 10.2 Å². The van der Waals surface area contributed by atoms with Gasteiger partial charge in [-0.1, -0.05) is 0 Å². The van der Waals surface area contributed by atoms with Gasteiger partial charge in [-0.05, 0) is 46.3 Å². The monoisotopic (exact) mass is 345 g/mol. The molecular formula is C11H9BrFN3O2S. The summed E-state index contributed by atoms with van der Waals surface area (Å²) in [5.41, 5.74) is 6.05. The van der Waals surface area contributed by atoms with Gasteiger partial charge < -0.3 is 5.73 Å². The van der Waals surface area contributed by atoms with E-state index in [0.717, 1.165) is 12.3 Å². The predicted molar refractivity (Wildman–Crippen MR) is 73.6 cm³/mol. The van der Waals surface area contributed by atoms with Crippen LogP contribution in [0.1, 0.15) is 0 Å². The average molecular weight is 346 g/mol. The second-order valence-electron chi connectivity index (χ2n) is 3.66. The van der Waals surface area contributed by atoms with Crippen LogP contribution in [-0.4, -0.2) is 13.4 Å². The molecule has 0 saturated heterocycles. The first kappa shape index (κ1) is 13.8. The van der Waals surface area contributed by atoms with Crippen molar-refractivity contribution in [1.82, 2.24) is 4.98 Å². The van der Waals surface area contributed by atoms with Crippen LogP contribution in [0.25, 0.3) is 0 Å². The minimum Gasteiger partial charge on any atom is -0.399 e. The van der Waals surface area contributed by atoms with E-state index in [1.54, 1.807) is 6.07 Å². The van der Waals surface area contributed by atoms with E-state index in [1.165, 1.54) is 18.2 Å². The summed E-state index contributed by atoms with van der Waals surface area (Å²) in [6, 6.07) is 6.77. The molecule has 0 fully saturated rings. The van der Waals surface area contributed by atoms with Gasteiger partial charge >= 0.3 is 0 Å². The number of hydrogen-bond acceptors (Lipinski definition) is 4. The van der Waals surface area contributed by atoms with Crippen molar-refractivity contribution >= 4 is 37.3 Å². The Labute approximate surface area is 117 Å². The second-order valence-corrected chi connectivity index (χ2v) is 6.17. The molecule has 100 valence electrons. The zero-order valence-electron chi connectivity index (χ0n) is 9.47. The SMILES string of the molecule is Nc1ccc(Br)c(S(=O)(=O)Nc2ccc(F)nc2)c1. The molecule has 0 bridgehead atoms. The van der Waals surface area contributed by atoms with E-state index in [2.05, 4.69) is 25.6 Å². The largest absolute Gasteiger partial charge is 0.399 e. The molecule has 1 aromatic carbocycles. The number of halogens is 2. The van der Waals surface area contributed by atoms with E-state index in [9.17, 15) is 12.8 Å². The standard InChI is InChI=1S/C11H9BrFN3O2S/c12-9-3-1-7(14)5-10(9)19(17,18)16-8-2-4-11(13)15-6-8/h1-6,16H,14H2. The van der Waals surface area contributed by atoms with Gasteiger partial charge in [-0.25, -0.2) is 13.4 Å². The van der Waals surface area contributed by atoms with Crippen molar-refractivity contribution in [2.75, 3.05) is 10.5 Å². The van der Waals surface area contributed by atoms with Gasteiger partial charge in [0.2, 0.25) is 5.95 Å². The van der Waals surface area contributed by atoms with Crippen LogP contribution in [0.4, 0.5) is 15.8 Å². The molecule has 0 unspecified atom stereocenters. The third-order valence-electron chi connectivity index (χ3n) is 2.22. The topological polar surface area (TPSA) is 85.1 Å². The highest BCUT2D eigenvalue weighted by Gasteiger charge is 2.18. The maximum atomic E-state index is 12.6. The first-order valence-corrected chi connectivity index (χ1v) is 7.35. The number of hydrogen-bond donors (Lipinski definition) is 2. The molecule has 2 aromatic rings. The van der Waals surface area contributed by atoms with Gasteiger partial charge in [0.25, 0.3) is 10.0 Å². The van der Waals surface area contributed by atoms with E-state index in [1.807, 2.05) is 0 Å². The lowest BCUT2D eigenvalue weighted by Crippen LogP contribution is -2.14. The fourth-order valence-electron chi connectivity index (χ4n) is 1.37. The van der Waals surface area contributed by atoms with E-state index in [-0.39, 0.29) is 10.6 Å². The first-order valence-electron chi connectivity index (χ1n) is 5.08. The summed E-state index contributed by atoms with van der Waals surface area (Å²) >= 11 is 3.14. The quantitative estimate of drug-likeness (QED) is 0.660. The normalized spacial score (nSPS) is 11.3. The highest BCUT2D eigenvalue weighted by Crippen LogP contribution is 2.26. The molecule has 0 atom stereocenters. The predicted octanol–water partition coefficient (Wildman–Crippen LogP) is 2.37. The van der Waals surface area contributed by atoms with Gasteiger partial charge in [0.15, 0.2) is 0 Å². The lowest BCUT2D eigenvalue weighted by Gasteiger charge is -2.09. The first-order chi connectivity index (χ1) is 8.88. The number of nitrogen functional groups attached to an aromatic ring is 1. The molecule has 0 aliphatic carbocycles. The number of nitrogens with two attached hydrogens (primary N) is 1. The number of nitrogens with zero attached hydrogens (tertiary/aromatic N) is 1. The smallest absolute Gasteiger partial charge is 0.263 e. The molecule has 2 rings (SSSR count). The van der Waals surface area contributed by atoms with Crippen molar-refractivity contribution in [2.45, 2.75) is 4.90 Å². The average Bonchev–Trinajstić information content (AvgIpc) is 2.35. The number of benzene rings is 1. The number of nitrogens with one attached hydrogen (secondary N) is 1. The van der Waals surface area contributed by atoms with Gasteiger partial charge in [0.1, 0.15) is 4.90 Å². The highest BCUT2D eigenvalue weighted by atomic mass is 79.9. The Morgan fingerprint density at radius 1 is 1.26 bits per heavy atom. The van der Waals surface area contributed by atoms with Crippen LogP contribution < -0.4 is 10.5 Å². The molecule has 5 nitrogen and oxygen atoms in total. The summed E-state index contributed by atoms with van der Waals surface area (Å²) in [5.74, 6) is -0.687. The highest BCUT2D eigenvalue weighted by molar-refractivity contribution is 9.10. The summed E-state index contributed by atoms with van der Waals surface area (Å²) in [7, 11) is -3.82. The van der Waals surface area contributed by atoms with Gasteiger partial charge in [-0.15, -0.1) is 0 Å². The number of anilines is 2. The van der Waals surface area contributed by atoms with Crippen molar-refractivity contribution in [3.8, 4) is 0 Å². The Kier molecular flexibility index (Phi) is 3.72. The second kappa shape index (κ2) is 5.14. The maximum absolute atomic E-state index is 12.6. The molecule has 0 spiro atoms. The summed E-state index contributed by atoms with van der Waals surface area (Å²) < 4.78 is 39.6. The molecule has 19 heavy (non-hydrogen) atoms. The van der Waals surface area contributed by atoms with E-state index >= 15 is 0 Å². The molecular weight excluding hydrogens is 337 g/mol.